The number of rotatable bonds is 1. The Labute approximate surface area is 128 Å². The van der Waals surface area contributed by atoms with Gasteiger partial charge in [-0.05, 0) is 73.7 Å². The first-order chi connectivity index (χ1) is 10.3. The Balaban J connectivity index is 1.56. The number of phenols is 1. The van der Waals surface area contributed by atoms with E-state index < -0.39 is 0 Å². The van der Waals surface area contributed by atoms with Crippen LogP contribution in [0.25, 0.3) is 0 Å². The number of hydrogen-bond acceptors (Lipinski definition) is 2. The maximum Gasteiger partial charge on any atom is 0.115 e. The van der Waals surface area contributed by atoms with Crippen LogP contribution >= 0.6 is 0 Å². The van der Waals surface area contributed by atoms with Gasteiger partial charge in [0.15, 0.2) is 0 Å². The van der Waals surface area contributed by atoms with Gasteiger partial charge < -0.3 is 5.11 Å². The summed E-state index contributed by atoms with van der Waals surface area (Å²) in [6.07, 6.45) is 11.0. The number of benzene rings is 1. The normalized spacial score (nSPS) is 33.2. The van der Waals surface area contributed by atoms with Crippen molar-refractivity contribution in [3.8, 4) is 5.75 Å². The minimum Gasteiger partial charge on any atom is -0.508 e. The highest BCUT2D eigenvalue weighted by molar-refractivity contribution is 5.38. The quantitative estimate of drug-likeness (QED) is 0.832. The van der Waals surface area contributed by atoms with Gasteiger partial charge in [-0.25, -0.2) is 0 Å². The Kier molecular flexibility index (Phi) is 3.66. The lowest BCUT2D eigenvalue weighted by Crippen LogP contribution is -2.44. The average molecular weight is 285 g/mol. The minimum atomic E-state index is 0.438. The van der Waals surface area contributed by atoms with Crippen LogP contribution in [0, 0.1) is 11.8 Å². The van der Waals surface area contributed by atoms with Crippen molar-refractivity contribution < 1.29 is 5.11 Å². The first-order valence-corrected chi connectivity index (χ1v) is 8.87. The summed E-state index contributed by atoms with van der Waals surface area (Å²) in [7, 11) is 0. The van der Waals surface area contributed by atoms with E-state index in [2.05, 4.69) is 11.0 Å². The van der Waals surface area contributed by atoms with E-state index in [0.29, 0.717) is 11.8 Å². The molecule has 1 aliphatic heterocycles. The van der Waals surface area contributed by atoms with Crippen molar-refractivity contribution in [1.29, 1.82) is 0 Å². The molecule has 0 amide bonds. The molecular formula is C19H27NO. The summed E-state index contributed by atoms with van der Waals surface area (Å²) in [6, 6.07) is 6.59. The second kappa shape index (κ2) is 5.64. The predicted octanol–water partition coefficient (Wildman–Crippen LogP) is 4.28. The van der Waals surface area contributed by atoms with Gasteiger partial charge in [-0.3, -0.25) is 4.90 Å². The number of piperidine rings is 1. The summed E-state index contributed by atoms with van der Waals surface area (Å²) in [4.78, 5) is 2.74. The van der Waals surface area contributed by atoms with Gasteiger partial charge in [0.05, 0.1) is 0 Å². The minimum absolute atomic E-state index is 0.438. The van der Waals surface area contributed by atoms with Gasteiger partial charge in [-0.2, -0.15) is 0 Å². The van der Waals surface area contributed by atoms with Crippen LogP contribution in [0.2, 0.25) is 0 Å². The van der Waals surface area contributed by atoms with Gasteiger partial charge in [0.1, 0.15) is 5.75 Å². The Morgan fingerprint density at radius 3 is 2.71 bits per heavy atom. The van der Waals surface area contributed by atoms with Crippen molar-refractivity contribution in [3.63, 3.8) is 0 Å². The summed E-state index contributed by atoms with van der Waals surface area (Å²) in [5.74, 6) is 2.38. The molecular weight excluding hydrogens is 258 g/mol. The molecule has 1 aromatic rings. The molecule has 2 nitrogen and oxygen atoms in total. The Morgan fingerprint density at radius 1 is 0.952 bits per heavy atom. The number of fused-ring (bicyclic) bond motifs is 2. The highest BCUT2D eigenvalue weighted by Crippen LogP contribution is 2.42. The summed E-state index contributed by atoms with van der Waals surface area (Å²) < 4.78 is 0. The van der Waals surface area contributed by atoms with Crippen molar-refractivity contribution >= 4 is 0 Å². The number of aryl methyl sites for hydroxylation is 1. The van der Waals surface area contributed by atoms with Crippen LogP contribution in [-0.4, -0.2) is 23.1 Å². The summed E-state index contributed by atoms with van der Waals surface area (Å²) in [6.45, 7) is 2.56. The predicted molar refractivity (Wildman–Crippen MR) is 85.4 cm³/mol. The van der Waals surface area contributed by atoms with Gasteiger partial charge >= 0.3 is 0 Å². The maximum atomic E-state index is 9.87. The number of hydrogen-bond donors (Lipinski definition) is 1. The van der Waals surface area contributed by atoms with Crippen LogP contribution in [-0.2, 0) is 6.42 Å². The summed E-state index contributed by atoms with van der Waals surface area (Å²) in [5, 5.41) is 9.87. The van der Waals surface area contributed by atoms with Crippen molar-refractivity contribution in [2.45, 2.75) is 57.4 Å². The zero-order valence-electron chi connectivity index (χ0n) is 12.9. The SMILES string of the molecule is Oc1ccc2c(c1)C(N1CCC3CCCCC3C1)CCC2. The Morgan fingerprint density at radius 2 is 1.81 bits per heavy atom. The van der Waals surface area contributed by atoms with Gasteiger partial charge in [-0.1, -0.05) is 25.3 Å². The van der Waals surface area contributed by atoms with Gasteiger partial charge in [-0.15, -0.1) is 0 Å². The molecule has 0 radical (unpaired) electrons. The van der Waals surface area contributed by atoms with Gasteiger partial charge in [0.2, 0.25) is 0 Å². The zero-order valence-corrected chi connectivity index (χ0v) is 12.9. The van der Waals surface area contributed by atoms with Crippen molar-refractivity contribution in [2.75, 3.05) is 13.1 Å². The van der Waals surface area contributed by atoms with Gasteiger partial charge in [0.25, 0.3) is 0 Å². The van der Waals surface area contributed by atoms with Gasteiger partial charge in [0, 0.05) is 12.6 Å². The smallest absolute Gasteiger partial charge is 0.115 e. The molecule has 2 fully saturated rings. The van der Waals surface area contributed by atoms with Crippen LogP contribution in [0.5, 0.6) is 5.75 Å². The highest BCUT2D eigenvalue weighted by atomic mass is 16.3. The third-order valence-electron chi connectivity index (χ3n) is 6.18. The lowest BCUT2D eigenvalue weighted by atomic mass is 9.74. The van der Waals surface area contributed by atoms with E-state index in [1.54, 1.807) is 0 Å². The largest absolute Gasteiger partial charge is 0.508 e. The standard InChI is InChI=1S/C19H27NO/c21-17-9-8-15-6-3-7-19(18(15)12-17)20-11-10-14-4-1-2-5-16(14)13-20/h8-9,12,14,16,19,21H,1-7,10-11,13H2. The molecule has 2 heteroatoms. The number of likely N-dealkylation sites (tertiary alicyclic amines) is 1. The van der Waals surface area contributed by atoms with Crippen LogP contribution in [0.1, 0.15) is 62.1 Å². The molecule has 1 saturated heterocycles. The molecule has 0 aromatic heterocycles. The van der Waals surface area contributed by atoms with Crippen molar-refractivity contribution in [1.82, 2.24) is 4.90 Å². The fraction of sp³-hybridized carbons (Fsp3) is 0.684. The summed E-state index contributed by atoms with van der Waals surface area (Å²) in [5.41, 5.74) is 2.88. The average Bonchev–Trinajstić information content (AvgIpc) is 2.54. The van der Waals surface area contributed by atoms with Crippen LogP contribution in [0.3, 0.4) is 0 Å². The van der Waals surface area contributed by atoms with E-state index in [1.165, 1.54) is 75.6 Å². The summed E-state index contributed by atoms with van der Waals surface area (Å²) >= 11 is 0. The molecule has 114 valence electrons. The topological polar surface area (TPSA) is 23.5 Å². The van der Waals surface area contributed by atoms with Crippen LogP contribution in [0.15, 0.2) is 18.2 Å². The molecule has 3 unspecified atom stereocenters. The third-order valence-corrected chi connectivity index (χ3v) is 6.18. The Bertz CT molecular complexity index is 512. The number of phenolic OH excluding ortho intramolecular Hbond substituents is 1. The first-order valence-electron chi connectivity index (χ1n) is 8.87. The zero-order chi connectivity index (χ0) is 14.2. The lowest BCUT2D eigenvalue weighted by Gasteiger charge is -2.45. The molecule has 0 bridgehead atoms. The molecule has 21 heavy (non-hydrogen) atoms. The second-order valence-corrected chi connectivity index (χ2v) is 7.38. The van der Waals surface area contributed by atoms with E-state index in [4.69, 9.17) is 0 Å². The molecule has 1 saturated carbocycles. The van der Waals surface area contributed by atoms with Crippen LogP contribution in [0.4, 0.5) is 0 Å². The van der Waals surface area contributed by atoms with Crippen molar-refractivity contribution in [2.24, 2.45) is 11.8 Å². The molecule has 2 aliphatic carbocycles. The fourth-order valence-corrected chi connectivity index (χ4v) is 5.05. The molecule has 1 aromatic carbocycles. The van der Waals surface area contributed by atoms with E-state index in [0.717, 1.165) is 11.8 Å². The fourth-order valence-electron chi connectivity index (χ4n) is 5.05. The number of aromatic hydroxyl groups is 1. The van der Waals surface area contributed by atoms with E-state index in [1.807, 2.05) is 12.1 Å². The molecule has 1 heterocycles. The maximum absolute atomic E-state index is 9.87. The van der Waals surface area contributed by atoms with E-state index in [9.17, 15) is 5.11 Å². The second-order valence-electron chi connectivity index (χ2n) is 7.38. The molecule has 3 atom stereocenters. The van der Waals surface area contributed by atoms with E-state index in [-0.39, 0.29) is 0 Å². The monoisotopic (exact) mass is 285 g/mol. The van der Waals surface area contributed by atoms with Crippen LogP contribution < -0.4 is 0 Å². The first kappa shape index (κ1) is 13.6. The lowest BCUT2D eigenvalue weighted by molar-refractivity contribution is 0.0504. The molecule has 4 rings (SSSR count). The molecule has 0 spiro atoms. The van der Waals surface area contributed by atoms with E-state index >= 15 is 0 Å². The number of nitrogens with zero attached hydrogens (tertiary/aromatic N) is 1. The Hall–Kier alpha value is -1.02. The van der Waals surface area contributed by atoms with Crippen molar-refractivity contribution in [3.05, 3.63) is 29.3 Å². The molecule has 3 aliphatic rings. The highest BCUT2D eigenvalue weighted by Gasteiger charge is 2.35. The molecule has 1 N–H and O–H groups in total. The third kappa shape index (κ3) is 2.59.